The first kappa shape index (κ1) is 9.85. The number of amides is 1. The molecule has 1 unspecified atom stereocenters. The molecule has 1 atom stereocenters. The highest BCUT2D eigenvalue weighted by atomic mass is 32.2. The van der Waals surface area contributed by atoms with Crippen LogP contribution in [0.15, 0.2) is 34.2 Å². The summed E-state index contributed by atoms with van der Waals surface area (Å²) >= 11 is 0. The van der Waals surface area contributed by atoms with E-state index in [-0.39, 0.29) is 4.90 Å². The van der Waals surface area contributed by atoms with E-state index >= 15 is 0 Å². The minimum Gasteiger partial charge on any atom is -0.368 e. The van der Waals surface area contributed by atoms with Gasteiger partial charge in [-0.3, -0.25) is 9.79 Å². The second kappa shape index (κ2) is 3.16. The number of hydrogen-bond acceptors (Lipinski definition) is 4. The number of hydrogen-bond donors (Lipinski definition) is 1. The fraction of sp³-hybridized carbons (Fsp3) is 0.111. The summed E-state index contributed by atoms with van der Waals surface area (Å²) in [6.45, 7) is 0. The van der Waals surface area contributed by atoms with E-state index in [1.54, 1.807) is 18.2 Å². The highest BCUT2D eigenvalue weighted by Crippen LogP contribution is 2.30. The zero-order valence-corrected chi connectivity index (χ0v) is 8.44. The van der Waals surface area contributed by atoms with Crippen LogP contribution in [0, 0.1) is 0 Å². The molecule has 1 aliphatic heterocycles. The summed E-state index contributed by atoms with van der Waals surface area (Å²) in [6.07, 6.45) is 1.07. The molecular weight excluding hydrogens is 216 g/mol. The average Bonchev–Trinajstić information content (AvgIpc) is 2.17. The quantitative estimate of drug-likeness (QED) is 0.729. The maximum absolute atomic E-state index is 11.9. The molecule has 6 heteroatoms. The molecule has 0 aromatic heterocycles. The molecule has 0 fully saturated rings. The second-order valence-electron chi connectivity index (χ2n) is 3.11. The molecule has 1 aliphatic rings. The Morgan fingerprint density at radius 3 is 2.67 bits per heavy atom. The van der Waals surface area contributed by atoms with Crippen LogP contribution in [0.3, 0.4) is 0 Å². The van der Waals surface area contributed by atoms with Crippen molar-refractivity contribution < 1.29 is 13.2 Å². The van der Waals surface area contributed by atoms with Crippen molar-refractivity contribution in [3.8, 4) is 0 Å². The lowest BCUT2D eigenvalue weighted by molar-refractivity contribution is -0.116. The number of fused-ring (bicyclic) bond motifs is 1. The van der Waals surface area contributed by atoms with Gasteiger partial charge in [-0.05, 0) is 12.1 Å². The minimum absolute atomic E-state index is 0.0521. The molecule has 0 spiro atoms. The maximum Gasteiger partial charge on any atom is 0.241 e. The van der Waals surface area contributed by atoms with Crippen LogP contribution in [0.2, 0.25) is 0 Å². The van der Waals surface area contributed by atoms with Gasteiger partial charge in [0.05, 0.1) is 10.6 Å². The number of primary amides is 1. The molecule has 5 nitrogen and oxygen atoms in total. The Balaban J connectivity index is 2.68. The monoisotopic (exact) mass is 224 g/mol. The number of nitrogens with zero attached hydrogens (tertiary/aromatic N) is 1. The molecule has 0 saturated heterocycles. The van der Waals surface area contributed by atoms with E-state index in [1.165, 1.54) is 6.07 Å². The molecule has 1 aromatic rings. The molecule has 78 valence electrons. The van der Waals surface area contributed by atoms with E-state index in [9.17, 15) is 13.2 Å². The van der Waals surface area contributed by atoms with Gasteiger partial charge in [-0.1, -0.05) is 12.1 Å². The van der Waals surface area contributed by atoms with Gasteiger partial charge in [0.15, 0.2) is 15.1 Å². The van der Waals surface area contributed by atoms with Gasteiger partial charge in [-0.15, -0.1) is 0 Å². The van der Waals surface area contributed by atoms with E-state index in [2.05, 4.69) is 4.99 Å². The fourth-order valence-corrected chi connectivity index (χ4v) is 2.88. The Morgan fingerprint density at radius 1 is 1.33 bits per heavy atom. The van der Waals surface area contributed by atoms with Crippen LogP contribution in [0.25, 0.3) is 0 Å². The zero-order valence-electron chi connectivity index (χ0n) is 7.62. The summed E-state index contributed by atoms with van der Waals surface area (Å²) < 4.78 is 23.7. The molecule has 1 amide bonds. The van der Waals surface area contributed by atoms with Gasteiger partial charge in [0.2, 0.25) is 5.91 Å². The largest absolute Gasteiger partial charge is 0.368 e. The van der Waals surface area contributed by atoms with Crippen LogP contribution < -0.4 is 5.73 Å². The first-order valence-corrected chi connectivity index (χ1v) is 5.74. The molecule has 15 heavy (non-hydrogen) atoms. The van der Waals surface area contributed by atoms with Crippen molar-refractivity contribution in [2.75, 3.05) is 0 Å². The van der Waals surface area contributed by atoms with Crippen molar-refractivity contribution in [1.29, 1.82) is 0 Å². The lowest BCUT2D eigenvalue weighted by atomic mass is 10.3. The van der Waals surface area contributed by atoms with E-state index in [4.69, 9.17) is 5.73 Å². The summed E-state index contributed by atoms with van der Waals surface area (Å²) in [7, 11) is -3.71. The second-order valence-corrected chi connectivity index (χ2v) is 5.15. The Hall–Kier alpha value is -1.69. The number of sulfone groups is 1. The summed E-state index contributed by atoms with van der Waals surface area (Å²) in [6, 6.07) is 6.24. The molecular formula is C9H8N2O3S. The van der Waals surface area contributed by atoms with E-state index in [1.807, 2.05) is 0 Å². The van der Waals surface area contributed by atoms with Crippen LogP contribution in [0.4, 0.5) is 5.69 Å². The number of carbonyl (C=O) groups is 1. The van der Waals surface area contributed by atoms with Gasteiger partial charge < -0.3 is 5.73 Å². The first-order chi connectivity index (χ1) is 7.03. The Morgan fingerprint density at radius 2 is 2.00 bits per heavy atom. The molecule has 2 N–H and O–H groups in total. The number of benzene rings is 1. The number of nitrogens with two attached hydrogens (primary N) is 1. The third-order valence-corrected chi connectivity index (χ3v) is 4.12. The fourth-order valence-electron chi connectivity index (χ4n) is 1.40. The molecule has 0 radical (unpaired) electrons. The molecule has 2 rings (SSSR count). The first-order valence-electron chi connectivity index (χ1n) is 4.20. The van der Waals surface area contributed by atoms with Crippen LogP contribution in [-0.4, -0.2) is 25.8 Å². The van der Waals surface area contributed by atoms with Crippen molar-refractivity contribution in [3.63, 3.8) is 0 Å². The third-order valence-electron chi connectivity index (χ3n) is 2.14. The molecule has 0 aliphatic carbocycles. The number of carbonyl (C=O) groups excluding carboxylic acids is 1. The Labute approximate surface area is 86.5 Å². The lowest BCUT2D eigenvalue weighted by Gasteiger charge is -2.16. The molecule has 0 bridgehead atoms. The van der Waals surface area contributed by atoms with E-state index in [0.29, 0.717) is 5.69 Å². The van der Waals surface area contributed by atoms with E-state index in [0.717, 1.165) is 6.21 Å². The third kappa shape index (κ3) is 1.42. The van der Waals surface area contributed by atoms with Gasteiger partial charge in [0.1, 0.15) is 0 Å². The topological polar surface area (TPSA) is 89.6 Å². The summed E-state index contributed by atoms with van der Waals surface area (Å²) in [4.78, 5) is 14.9. The highest BCUT2D eigenvalue weighted by molar-refractivity contribution is 7.93. The smallest absolute Gasteiger partial charge is 0.241 e. The lowest BCUT2D eigenvalue weighted by Crippen LogP contribution is -2.38. The van der Waals surface area contributed by atoms with Gasteiger partial charge in [0, 0.05) is 6.21 Å². The number of rotatable bonds is 1. The maximum atomic E-state index is 11.9. The molecule has 1 heterocycles. The zero-order chi connectivity index (χ0) is 11.1. The van der Waals surface area contributed by atoms with E-state index < -0.39 is 21.0 Å². The number of para-hydroxylation sites is 1. The van der Waals surface area contributed by atoms with Gasteiger partial charge in [-0.25, -0.2) is 8.42 Å². The SMILES string of the molecule is NC(=O)C1C=Nc2ccccc2S1(=O)=O. The van der Waals surface area contributed by atoms with Crippen molar-refractivity contribution in [2.24, 2.45) is 10.7 Å². The van der Waals surface area contributed by atoms with Crippen molar-refractivity contribution in [2.45, 2.75) is 10.1 Å². The standard InChI is InChI=1S/C9H8N2O3S/c10-9(12)8-5-11-6-3-1-2-4-7(6)15(8,13)14/h1-5,8H,(H2,10,12). The van der Waals surface area contributed by atoms with Crippen LogP contribution in [0.1, 0.15) is 0 Å². The van der Waals surface area contributed by atoms with Crippen LogP contribution >= 0.6 is 0 Å². The van der Waals surface area contributed by atoms with Gasteiger partial charge >= 0.3 is 0 Å². The Bertz CT molecular complexity index is 548. The van der Waals surface area contributed by atoms with Crippen molar-refractivity contribution in [3.05, 3.63) is 24.3 Å². The summed E-state index contributed by atoms with van der Waals surface area (Å²) in [5, 5.41) is -1.35. The van der Waals surface area contributed by atoms with Gasteiger partial charge in [0.25, 0.3) is 0 Å². The average molecular weight is 224 g/mol. The van der Waals surface area contributed by atoms with Crippen LogP contribution in [-0.2, 0) is 14.6 Å². The Kier molecular flexibility index (Phi) is 2.08. The normalized spacial score (nSPS) is 22.0. The van der Waals surface area contributed by atoms with Gasteiger partial charge in [-0.2, -0.15) is 0 Å². The predicted molar refractivity (Wildman–Crippen MR) is 54.8 cm³/mol. The summed E-state index contributed by atoms with van der Waals surface area (Å²) in [5.41, 5.74) is 5.33. The van der Waals surface area contributed by atoms with Crippen molar-refractivity contribution >= 4 is 27.6 Å². The predicted octanol–water partition coefficient (Wildman–Crippen LogP) is 0.0301. The molecule has 1 aromatic carbocycles. The highest BCUT2D eigenvalue weighted by Gasteiger charge is 2.35. The van der Waals surface area contributed by atoms with Crippen molar-refractivity contribution in [1.82, 2.24) is 0 Å². The minimum atomic E-state index is -3.71. The van der Waals surface area contributed by atoms with Crippen LogP contribution in [0.5, 0.6) is 0 Å². The number of aliphatic imine (C=N–C) groups is 1. The summed E-state index contributed by atoms with van der Waals surface area (Å²) in [5.74, 6) is -0.909. The molecule has 0 saturated carbocycles.